The first-order valence-electron chi connectivity index (χ1n) is 8.81. The average molecular weight is 333 g/mol. The van der Waals surface area contributed by atoms with Crippen LogP contribution < -0.4 is 0 Å². The van der Waals surface area contributed by atoms with Gasteiger partial charge in [0.25, 0.3) is 0 Å². The Balaban J connectivity index is 1.56. The molecule has 3 aromatic carbocycles. The Morgan fingerprint density at radius 3 is 2.38 bits per heavy atom. The van der Waals surface area contributed by atoms with Crippen LogP contribution in [-0.4, -0.2) is 4.98 Å². The van der Waals surface area contributed by atoms with E-state index in [4.69, 9.17) is 0 Å². The fraction of sp³-hybridized carbons (Fsp3) is 0.0800. The van der Waals surface area contributed by atoms with Crippen LogP contribution in [0.2, 0.25) is 0 Å². The molecule has 0 saturated heterocycles. The van der Waals surface area contributed by atoms with Crippen molar-refractivity contribution in [3.63, 3.8) is 0 Å². The number of aromatic nitrogens is 1. The zero-order chi connectivity index (χ0) is 17.6. The first-order valence-corrected chi connectivity index (χ1v) is 8.81. The summed E-state index contributed by atoms with van der Waals surface area (Å²) in [7, 11) is 0. The summed E-state index contributed by atoms with van der Waals surface area (Å²) in [5.41, 5.74) is 4.83. The molecule has 26 heavy (non-hydrogen) atoms. The molecule has 0 radical (unpaired) electrons. The summed E-state index contributed by atoms with van der Waals surface area (Å²) in [6, 6.07) is 27.5. The van der Waals surface area contributed by atoms with E-state index >= 15 is 0 Å². The van der Waals surface area contributed by atoms with Crippen LogP contribution in [0.1, 0.15) is 22.3 Å². The summed E-state index contributed by atoms with van der Waals surface area (Å²) < 4.78 is 0. The molecule has 0 aliphatic rings. The standard InChI is InChI=1S/C25H19N/c1-2-6-20(7-3-1)8-4-9-21-11-13-24-14-12-22(18-25(24)17-21)16-23-10-5-15-26-19-23/h1-3,5-7,10-15,17-19H,8,16H2. The molecule has 1 nitrogen and oxygen atoms in total. The number of rotatable bonds is 3. The number of pyridine rings is 1. The minimum absolute atomic E-state index is 0.778. The second-order valence-corrected chi connectivity index (χ2v) is 6.40. The molecule has 1 heteroatoms. The Labute approximate surface area is 154 Å². The van der Waals surface area contributed by atoms with Gasteiger partial charge in [0.1, 0.15) is 0 Å². The van der Waals surface area contributed by atoms with Gasteiger partial charge in [0.2, 0.25) is 0 Å². The molecular formula is C25H19N. The van der Waals surface area contributed by atoms with Gasteiger partial charge in [-0.05, 0) is 52.1 Å². The summed E-state index contributed by atoms with van der Waals surface area (Å²) in [4.78, 5) is 4.20. The van der Waals surface area contributed by atoms with E-state index in [1.807, 2.05) is 24.5 Å². The van der Waals surface area contributed by atoms with Gasteiger partial charge < -0.3 is 0 Å². The lowest BCUT2D eigenvalue weighted by Gasteiger charge is -2.04. The van der Waals surface area contributed by atoms with Crippen molar-refractivity contribution < 1.29 is 0 Å². The SMILES string of the molecule is C(#Cc1ccc2ccc(Cc3cccnc3)cc2c1)Cc1ccccc1. The van der Waals surface area contributed by atoms with E-state index < -0.39 is 0 Å². The van der Waals surface area contributed by atoms with Crippen molar-refractivity contribution in [2.75, 3.05) is 0 Å². The first kappa shape index (κ1) is 16.1. The van der Waals surface area contributed by atoms with Crippen LogP contribution in [0.3, 0.4) is 0 Å². The largest absolute Gasteiger partial charge is 0.264 e. The smallest absolute Gasteiger partial charge is 0.0344 e. The molecule has 0 aliphatic heterocycles. The highest BCUT2D eigenvalue weighted by Gasteiger charge is 2.00. The Morgan fingerprint density at radius 2 is 1.54 bits per heavy atom. The maximum Gasteiger partial charge on any atom is 0.0344 e. The lowest BCUT2D eigenvalue weighted by molar-refractivity contribution is 1.15. The lowest BCUT2D eigenvalue weighted by Crippen LogP contribution is -1.89. The second kappa shape index (κ2) is 7.68. The summed E-state index contributed by atoms with van der Waals surface area (Å²) in [5.74, 6) is 6.57. The minimum Gasteiger partial charge on any atom is -0.264 e. The fourth-order valence-electron chi connectivity index (χ4n) is 3.07. The van der Waals surface area contributed by atoms with Crippen LogP contribution in [0.4, 0.5) is 0 Å². The van der Waals surface area contributed by atoms with Gasteiger partial charge in [0.15, 0.2) is 0 Å². The van der Waals surface area contributed by atoms with Crippen molar-refractivity contribution in [3.8, 4) is 11.8 Å². The zero-order valence-corrected chi connectivity index (χ0v) is 14.5. The molecule has 0 aliphatic carbocycles. The maximum atomic E-state index is 4.20. The Morgan fingerprint density at radius 1 is 0.692 bits per heavy atom. The van der Waals surface area contributed by atoms with E-state index in [0.717, 1.165) is 18.4 Å². The van der Waals surface area contributed by atoms with Gasteiger partial charge in [0, 0.05) is 24.4 Å². The van der Waals surface area contributed by atoms with Crippen molar-refractivity contribution >= 4 is 10.8 Å². The van der Waals surface area contributed by atoms with Crippen LogP contribution in [0, 0.1) is 11.8 Å². The van der Waals surface area contributed by atoms with Gasteiger partial charge in [-0.2, -0.15) is 0 Å². The van der Waals surface area contributed by atoms with Crippen LogP contribution in [0.25, 0.3) is 10.8 Å². The average Bonchev–Trinajstić information content (AvgIpc) is 2.69. The normalized spacial score (nSPS) is 10.3. The Kier molecular flexibility index (Phi) is 4.76. The summed E-state index contributed by atoms with van der Waals surface area (Å²) in [6.07, 6.45) is 5.41. The molecular weight excluding hydrogens is 314 g/mol. The predicted molar refractivity (Wildman–Crippen MR) is 108 cm³/mol. The van der Waals surface area contributed by atoms with Crippen molar-refractivity contribution in [2.24, 2.45) is 0 Å². The van der Waals surface area contributed by atoms with Crippen LogP contribution in [0.15, 0.2) is 91.3 Å². The van der Waals surface area contributed by atoms with Crippen molar-refractivity contribution in [2.45, 2.75) is 12.8 Å². The third-order valence-electron chi connectivity index (χ3n) is 4.40. The van der Waals surface area contributed by atoms with Crippen molar-refractivity contribution in [1.29, 1.82) is 0 Å². The molecule has 4 aromatic rings. The maximum absolute atomic E-state index is 4.20. The summed E-state index contributed by atoms with van der Waals surface area (Å²) in [5, 5.41) is 2.48. The van der Waals surface area contributed by atoms with Gasteiger partial charge in [0.05, 0.1) is 0 Å². The van der Waals surface area contributed by atoms with Gasteiger partial charge in [-0.15, -0.1) is 0 Å². The number of fused-ring (bicyclic) bond motifs is 1. The molecule has 0 atom stereocenters. The van der Waals surface area contributed by atoms with Gasteiger partial charge in [-0.25, -0.2) is 0 Å². The molecule has 1 aromatic heterocycles. The second-order valence-electron chi connectivity index (χ2n) is 6.40. The topological polar surface area (TPSA) is 12.9 Å². The van der Waals surface area contributed by atoms with Gasteiger partial charge >= 0.3 is 0 Å². The molecule has 0 spiro atoms. The monoisotopic (exact) mass is 333 g/mol. The first-order chi connectivity index (χ1) is 12.9. The summed E-state index contributed by atoms with van der Waals surface area (Å²) >= 11 is 0. The number of nitrogens with zero attached hydrogens (tertiary/aromatic N) is 1. The molecule has 0 amide bonds. The van der Waals surface area contributed by atoms with E-state index in [1.54, 1.807) is 0 Å². The lowest BCUT2D eigenvalue weighted by atomic mass is 10.0. The molecule has 4 rings (SSSR count). The molecule has 1 heterocycles. The molecule has 0 fully saturated rings. The predicted octanol–water partition coefficient (Wildman–Crippen LogP) is 5.42. The van der Waals surface area contributed by atoms with Crippen molar-refractivity contribution in [3.05, 3.63) is 114 Å². The zero-order valence-electron chi connectivity index (χ0n) is 14.5. The highest BCUT2D eigenvalue weighted by molar-refractivity contribution is 5.84. The number of benzene rings is 3. The van der Waals surface area contributed by atoms with E-state index in [9.17, 15) is 0 Å². The third kappa shape index (κ3) is 3.99. The molecule has 0 unspecified atom stereocenters. The van der Waals surface area contributed by atoms with E-state index in [0.29, 0.717) is 0 Å². The molecule has 0 saturated carbocycles. The van der Waals surface area contributed by atoms with Crippen LogP contribution >= 0.6 is 0 Å². The summed E-state index contributed by atoms with van der Waals surface area (Å²) in [6.45, 7) is 0. The van der Waals surface area contributed by atoms with Crippen LogP contribution in [0.5, 0.6) is 0 Å². The molecule has 124 valence electrons. The molecule has 0 N–H and O–H groups in total. The highest BCUT2D eigenvalue weighted by atomic mass is 14.6. The highest BCUT2D eigenvalue weighted by Crippen LogP contribution is 2.19. The minimum atomic E-state index is 0.778. The Bertz CT molecular complexity index is 1070. The van der Waals surface area contributed by atoms with E-state index in [1.165, 1.54) is 27.5 Å². The molecule has 0 bridgehead atoms. The number of hydrogen-bond acceptors (Lipinski definition) is 1. The van der Waals surface area contributed by atoms with Gasteiger partial charge in [-0.3, -0.25) is 4.98 Å². The van der Waals surface area contributed by atoms with Gasteiger partial charge in [-0.1, -0.05) is 72.5 Å². The fourth-order valence-corrected chi connectivity index (χ4v) is 3.07. The van der Waals surface area contributed by atoms with Crippen LogP contribution in [-0.2, 0) is 12.8 Å². The third-order valence-corrected chi connectivity index (χ3v) is 4.40. The quantitative estimate of drug-likeness (QED) is 0.456. The van der Waals surface area contributed by atoms with E-state index in [-0.39, 0.29) is 0 Å². The van der Waals surface area contributed by atoms with E-state index in [2.05, 4.69) is 83.6 Å². The number of hydrogen-bond donors (Lipinski definition) is 0. The Hall–Kier alpha value is -3.37. The van der Waals surface area contributed by atoms with Crippen molar-refractivity contribution in [1.82, 2.24) is 4.98 Å².